The van der Waals surface area contributed by atoms with E-state index >= 15 is 0 Å². The van der Waals surface area contributed by atoms with E-state index in [0.717, 1.165) is 63.8 Å². The first-order valence-corrected chi connectivity index (χ1v) is 12.2. The molecule has 4 atom stereocenters. The third-order valence-electron chi connectivity index (χ3n) is 6.93. The molecule has 0 amide bonds. The number of ether oxygens (including phenoxy) is 4. The number of allylic oxidation sites excluding steroid dienone is 1. The van der Waals surface area contributed by atoms with Crippen molar-refractivity contribution in [1.29, 1.82) is 0 Å². The Labute approximate surface area is 187 Å². The summed E-state index contributed by atoms with van der Waals surface area (Å²) < 4.78 is 23.2. The van der Waals surface area contributed by atoms with E-state index in [1.807, 2.05) is 0 Å². The fourth-order valence-electron chi connectivity index (χ4n) is 5.15. The zero-order valence-electron chi connectivity index (χ0n) is 19.0. The molecule has 1 aliphatic carbocycles. The van der Waals surface area contributed by atoms with Gasteiger partial charge in [0.25, 0.3) is 0 Å². The van der Waals surface area contributed by atoms with Crippen molar-refractivity contribution < 1.29 is 18.9 Å². The molecule has 4 unspecified atom stereocenters. The van der Waals surface area contributed by atoms with Gasteiger partial charge in [0.15, 0.2) is 0 Å². The highest BCUT2D eigenvalue weighted by molar-refractivity contribution is 5.31. The highest BCUT2D eigenvalue weighted by Gasteiger charge is 2.28. The molecule has 5 heteroatoms. The van der Waals surface area contributed by atoms with Crippen LogP contribution in [-0.4, -0.2) is 58.8 Å². The fraction of sp³-hybridized carbons (Fsp3) is 0.692. The largest absolute Gasteiger partial charge is 0.488 e. The number of rotatable bonds is 10. The molecule has 1 aromatic rings. The number of benzene rings is 1. The van der Waals surface area contributed by atoms with Gasteiger partial charge in [-0.05, 0) is 74.3 Å². The monoisotopic (exact) mass is 429 g/mol. The fourth-order valence-corrected chi connectivity index (χ4v) is 5.15. The van der Waals surface area contributed by atoms with Gasteiger partial charge in [-0.15, -0.1) is 0 Å². The minimum absolute atomic E-state index is 0.197. The van der Waals surface area contributed by atoms with Crippen molar-refractivity contribution in [3.63, 3.8) is 0 Å². The van der Waals surface area contributed by atoms with Gasteiger partial charge in [-0.1, -0.05) is 18.2 Å². The van der Waals surface area contributed by atoms with Crippen LogP contribution in [0.25, 0.3) is 0 Å². The second kappa shape index (κ2) is 12.0. The standard InChI is InChI=1S/C26H39NO4/c1-28-14-3-6-20-4-2-5-21(16-20)18-30-26-17-27-13-11-25(26)22-7-9-23(10-8-22)31-24-12-15-29-19-24/h5,7-10,20,24-27H,2-4,6,11-19H2,1H3. The summed E-state index contributed by atoms with van der Waals surface area (Å²) >= 11 is 0. The summed E-state index contributed by atoms with van der Waals surface area (Å²) in [7, 11) is 1.79. The van der Waals surface area contributed by atoms with E-state index in [1.54, 1.807) is 7.11 Å². The molecule has 0 spiro atoms. The molecule has 1 N–H and O–H groups in total. The number of piperidine rings is 1. The lowest BCUT2D eigenvalue weighted by Crippen LogP contribution is -2.41. The lowest BCUT2D eigenvalue weighted by atomic mass is 9.85. The van der Waals surface area contributed by atoms with E-state index in [4.69, 9.17) is 18.9 Å². The minimum atomic E-state index is 0.197. The van der Waals surface area contributed by atoms with Crippen LogP contribution in [0.4, 0.5) is 0 Å². The first-order chi connectivity index (χ1) is 15.3. The van der Waals surface area contributed by atoms with Crippen molar-refractivity contribution in [3.05, 3.63) is 41.5 Å². The van der Waals surface area contributed by atoms with Crippen LogP contribution < -0.4 is 10.1 Å². The molecule has 2 aliphatic heterocycles. The van der Waals surface area contributed by atoms with Crippen LogP contribution in [0.1, 0.15) is 56.4 Å². The molecule has 1 aromatic carbocycles. The molecule has 0 aromatic heterocycles. The molecule has 0 radical (unpaired) electrons. The topological polar surface area (TPSA) is 49.0 Å². The van der Waals surface area contributed by atoms with Crippen molar-refractivity contribution >= 4 is 0 Å². The number of methoxy groups -OCH3 is 1. The second-order valence-electron chi connectivity index (χ2n) is 9.27. The van der Waals surface area contributed by atoms with E-state index in [0.29, 0.717) is 12.5 Å². The lowest BCUT2D eigenvalue weighted by molar-refractivity contribution is 0.0330. The van der Waals surface area contributed by atoms with Crippen LogP contribution in [0.15, 0.2) is 35.9 Å². The highest BCUT2D eigenvalue weighted by Crippen LogP contribution is 2.32. The van der Waals surface area contributed by atoms with E-state index < -0.39 is 0 Å². The van der Waals surface area contributed by atoms with Gasteiger partial charge in [0.05, 0.1) is 25.9 Å². The number of nitrogens with one attached hydrogen (secondary N) is 1. The molecule has 4 rings (SSSR count). The summed E-state index contributed by atoms with van der Waals surface area (Å²) in [6.07, 6.45) is 11.0. The molecular weight excluding hydrogens is 390 g/mol. The van der Waals surface area contributed by atoms with Crippen LogP contribution in [-0.2, 0) is 14.2 Å². The first kappa shape index (κ1) is 22.8. The Morgan fingerprint density at radius 2 is 2.03 bits per heavy atom. The van der Waals surface area contributed by atoms with Crippen LogP contribution >= 0.6 is 0 Å². The molecule has 31 heavy (non-hydrogen) atoms. The van der Waals surface area contributed by atoms with E-state index in [-0.39, 0.29) is 12.2 Å². The normalized spacial score (nSPS) is 29.0. The Balaban J connectivity index is 1.29. The summed E-state index contributed by atoms with van der Waals surface area (Å²) in [5.41, 5.74) is 2.84. The average molecular weight is 430 g/mol. The Kier molecular flexibility index (Phi) is 8.82. The third-order valence-corrected chi connectivity index (χ3v) is 6.93. The maximum absolute atomic E-state index is 6.50. The van der Waals surface area contributed by atoms with Gasteiger partial charge in [-0.3, -0.25) is 0 Å². The van der Waals surface area contributed by atoms with Crippen molar-refractivity contribution in [2.45, 2.75) is 63.1 Å². The van der Waals surface area contributed by atoms with E-state index in [2.05, 4.69) is 35.7 Å². The van der Waals surface area contributed by atoms with Crippen molar-refractivity contribution in [3.8, 4) is 5.75 Å². The Morgan fingerprint density at radius 3 is 2.84 bits per heavy atom. The summed E-state index contributed by atoms with van der Waals surface area (Å²) in [6.45, 7) is 5.13. The molecule has 0 saturated carbocycles. The molecule has 5 nitrogen and oxygen atoms in total. The zero-order valence-corrected chi connectivity index (χ0v) is 19.0. The molecule has 2 heterocycles. The van der Waals surface area contributed by atoms with Gasteiger partial charge in [0.2, 0.25) is 0 Å². The summed E-state index contributed by atoms with van der Waals surface area (Å²) in [4.78, 5) is 0. The minimum Gasteiger partial charge on any atom is -0.488 e. The molecule has 172 valence electrons. The van der Waals surface area contributed by atoms with Crippen LogP contribution in [0.2, 0.25) is 0 Å². The Bertz CT molecular complexity index is 683. The van der Waals surface area contributed by atoms with Crippen molar-refractivity contribution in [2.75, 3.05) is 46.6 Å². The van der Waals surface area contributed by atoms with Crippen LogP contribution in [0.5, 0.6) is 5.75 Å². The molecule has 0 bridgehead atoms. The van der Waals surface area contributed by atoms with E-state index in [9.17, 15) is 0 Å². The molecule has 2 fully saturated rings. The van der Waals surface area contributed by atoms with Gasteiger partial charge in [-0.25, -0.2) is 0 Å². The molecule has 2 saturated heterocycles. The first-order valence-electron chi connectivity index (χ1n) is 12.2. The van der Waals surface area contributed by atoms with Gasteiger partial charge in [-0.2, -0.15) is 0 Å². The maximum Gasteiger partial charge on any atom is 0.124 e. The van der Waals surface area contributed by atoms with Gasteiger partial charge in [0, 0.05) is 32.6 Å². The van der Waals surface area contributed by atoms with Gasteiger partial charge >= 0.3 is 0 Å². The summed E-state index contributed by atoms with van der Waals surface area (Å²) in [5.74, 6) is 2.17. The average Bonchev–Trinajstić information content (AvgIpc) is 3.32. The van der Waals surface area contributed by atoms with Crippen molar-refractivity contribution in [1.82, 2.24) is 5.32 Å². The molecular formula is C26H39NO4. The quantitative estimate of drug-likeness (QED) is 0.439. The van der Waals surface area contributed by atoms with E-state index in [1.165, 1.54) is 36.8 Å². The number of hydrogen-bond donors (Lipinski definition) is 1. The third kappa shape index (κ3) is 6.79. The predicted molar refractivity (Wildman–Crippen MR) is 123 cm³/mol. The second-order valence-corrected chi connectivity index (χ2v) is 9.27. The smallest absolute Gasteiger partial charge is 0.124 e. The molecule has 3 aliphatic rings. The number of hydrogen-bond acceptors (Lipinski definition) is 5. The van der Waals surface area contributed by atoms with Gasteiger partial charge in [0.1, 0.15) is 11.9 Å². The summed E-state index contributed by atoms with van der Waals surface area (Å²) in [6, 6.07) is 8.68. The Morgan fingerprint density at radius 1 is 1.13 bits per heavy atom. The van der Waals surface area contributed by atoms with Crippen molar-refractivity contribution in [2.24, 2.45) is 5.92 Å². The van der Waals surface area contributed by atoms with Gasteiger partial charge < -0.3 is 24.3 Å². The summed E-state index contributed by atoms with van der Waals surface area (Å²) in [5, 5.41) is 3.53. The zero-order chi connectivity index (χ0) is 21.3. The predicted octanol–water partition coefficient (Wildman–Crippen LogP) is 4.47. The van der Waals surface area contributed by atoms with Crippen LogP contribution in [0, 0.1) is 5.92 Å². The highest BCUT2D eigenvalue weighted by atomic mass is 16.5. The lowest BCUT2D eigenvalue weighted by Gasteiger charge is -2.33. The van der Waals surface area contributed by atoms with Crippen LogP contribution in [0.3, 0.4) is 0 Å². The SMILES string of the molecule is COCCCC1CCC=C(COC2CNCCC2c2ccc(OC3CCOC3)cc2)C1. The Hall–Kier alpha value is -1.40. The maximum atomic E-state index is 6.50.